The molecule has 8 nitrogen and oxygen atoms in total. The molecule has 108 valence electrons. The van der Waals surface area contributed by atoms with Crippen LogP contribution >= 0.6 is 0 Å². The predicted octanol–water partition coefficient (Wildman–Crippen LogP) is -1.17. The first-order valence-corrected chi connectivity index (χ1v) is 5.64. The van der Waals surface area contributed by atoms with E-state index in [0.29, 0.717) is 5.69 Å². The zero-order chi connectivity index (χ0) is 15.3. The van der Waals surface area contributed by atoms with Crippen LogP contribution < -0.4 is 22.1 Å². The minimum absolute atomic E-state index is 0.232. The molecular weight excluding hydrogens is 264 g/mol. The number of carbonyl (C=O) groups is 3. The average molecular weight is 280 g/mol. The Morgan fingerprint density at radius 2 is 1.70 bits per heavy atom. The first kappa shape index (κ1) is 15.3. The molecule has 2 amide bonds. The van der Waals surface area contributed by atoms with E-state index in [1.54, 1.807) is 0 Å². The molecule has 0 spiro atoms. The number of esters is 1. The second-order valence-electron chi connectivity index (χ2n) is 4.05. The quantitative estimate of drug-likeness (QED) is 0.443. The lowest BCUT2D eigenvalue weighted by Gasteiger charge is -2.23. The Labute approximate surface area is 115 Å². The lowest BCUT2D eigenvalue weighted by atomic mass is 10.1. The van der Waals surface area contributed by atoms with Crippen molar-refractivity contribution in [1.29, 1.82) is 0 Å². The Morgan fingerprint density at radius 1 is 1.15 bits per heavy atom. The summed E-state index contributed by atoms with van der Waals surface area (Å²) in [7, 11) is 1.24. The first-order chi connectivity index (χ1) is 9.35. The number of amides is 2. The van der Waals surface area contributed by atoms with Crippen molar-refractivity contribution in [3.63, 3.8) is 0 Å². The van der Waals surface area contributed by atoms with Crippen LogP contribution in [0.4, 0.5) is 11.4 Å². The van der Waals surface area contributed by atoms with Gasteiger partial charge < -0.3 is 26.8 Å². The van der Waals surface area contributed by atoms with E-state index in [0.717, 1.165) is 0 Å². The van der Waals surface area contributed by atoms with E-state index >= 15 is 0 Å². The summed E-state index contributed by atoms with van der Waals surface area (Å²) < 4.78 is 4.59. The number of hydrogen-bond donors (Lipinski definition) is 3. The Hall–Kier alpha value is -2.77. The van der Waals surface area contributed by atoms with Crippen molar-refractivity contribution in [2.45, 2.75) is 0 Å². The van der Waals surface area contributed by atoms with Crippen molar-refractivity contribution >= 4 is 29.2 Å². The fraction of sp³-hybridized carbons (Fsp3) is 0.250. The van der Waals surface area contributed by atoms with Gasteiger partial charge in [-0.05, 0) is 18.2 Å². The number of carbonyl (C=O) groups excluding carboxylic acids is 3. The Morgan fingerprint density at radius 3 is 2.15 bits per heavy atom. The number of hydrogen-bond acceptors (Lipinski definition) is 6. The zero-order valence-corrected chi connectivity index (χ0v) is 11.0. The first-order valence-electron chi connectivity index (χ1n) is 5.64. The van der Waals surface area contributed by atoms with E-state index in [1.807, 2.05) is 0 Å². The summed E-state index contributed by atoms with van der Waals surface area (Å²) in [6.07, 6.45) is 0. The third kappa shape index (κ3) is 3.87. The van der Waals surface area contributed by atoms with Gasteiger partial charge in [0.05, 0.1) is 37.1 Å². The van der Waals surface area contributed by atoms with Gasteiger partial charge in [-0.25, -0.2) is 4.79 Å². The van der Waals surface area contributed by atoms with Gasteiger partial charge in [-0.1, -0.05) is 0 Å². The molecule has 0 atom stereocenters. The van der Waals surface area contributed by atoms with E-state index in [4.69, 9.17) is 17.2 Å². The molecule has 0 aliphatic heterocycles. The number of nitrogens with zero attached hydrogens (tertiary/aromatic N) is 1. The molecule has 0 radical (unpaired) electrons. The van der Waals surface area contributed by atoms with Gasteiger partial charge in [0.2, 0.25) is 11.8 Å². The van der Waals surface area contributed by atoms with Gasteiger partial charge in [-0.3, -0.25) is 9.59 Å². The van der Waals surface area contributed by atoms with Gasteiger partial charge in [0.25, 0.3) is 0 Å². The zero-order valence-electron chi connectivity index (χ0n) is 11.0. The van der Waals surface area contributed by atoms with E-state index in [9.17, 15) is 14.4 Å². The summed E-state index contributed by atoms with van der Waals surface area (Å²) in [6.45, 7) is -0.504. The lowest BCUT2D eigenvalue weighted by Crippen LogP contribution is -2.40. The number of rotatable bonds is 6. The third-order valence-electron chi connectivity index (χ3n) is 2.49. The van der Waals surface area contributed by atoms with Crippen LogP contribution in [0.15, 0.2) is 18.2 Å². The van der Waals surface area contributed by atoms with Crippen molar-refractivity contribution in [3.05, 3.63) is 23.8 Å². The van der Waals surface area contributed by atoms with Crippen LogP contribution in [0.25, 0.3) is 0 Å². The molecule has 0 aromatic heterocycles. The molecule has 0 fully saturated rings. The van der Waals surface area contributed by atoms with E-state index < -0.39 is 17.8 Å². The van der Waals surface area contributed by atoms with Crippen LogP contribution in [0.5, 0.6) is 0 Å². The highest BCUT2D eigenvalue weighted by molar-refractivity contribution is 5.93. The SMILES string of the molecule is COC(=O)c1ccc(N)c(N(CC(N)=O)CC(N)=O)c1. The molecule has 8 heteroatoms. The monoisotopic (exact) mass is 280 g/mol. The molecule has 1 aromatic carbocycles. The highest BCUT2D eigenvalue weighted by atomic mass is 16.5. The fourth-order valence-electron chi connectivity index (χ4n) is 1.66. The van der Waals surface area contributed by atoms with Crippen molar-refractivity contribution in [2.75, 3.05) is 30.8 Å². The minimum atomic E-state index is -0.658. The van der Waals surface area contributed by atoms with Crippen LogP contribution in [-0.2, 0) is 14.3 Å². The lowest BCUT2D eigenvalue weighted by molar-refractivity contribution is -0.117. The maximum atomic E-state index is 11.5. The number of methoxy groups -OCH3 is 1. The van der Waals surface area contributed by atoms with E-state index in [1.165, 1.54) is 30.2 Å². The summed E-state index contributed by atoms with van der Waals surface area (Å²) in [5, 5.41) is 0. The number of nitrogens with two attached hydrogens (primary N) is 3. The molecule has 6 N–H and O–H groups in total. The van der Waals surface area contributed by atoms with Crippen LogP contribution in [0.1, 0.15) is 10.4 Å². The summed E-state index contributed by atoms with van der Waals surface area (Å²) in [4.78, 5) is 34.9. The van der Waals surface area contributed by atoms with Gasteiger partial charge in [-0.2, -0.15) is 0 Å². The van der Waals surface area contributed by atoms with Crippen molar-refractivity contribution in [2.24, 2.45) is 11.5 Å². The van der Waals surface area contributed by atoms with Gasteiger partial charge in [0.1, 0.15) is 0 Å². The fourth-order valence-corrected chi connectivity index (χ4v) is 1.66. The molecule has 0 bridgehead atoms. The largest absolute Gasteiger partial charge is 0.465 e. The normalized spacial score (nSPS) is 9.85. The smallest absolute Gasteiger partial charge is 0.337 e. The molecule has 0 saturated carbocycles. The highest BCUT2D eigenvalue weighted by Crippen LogP contribution is 2.24. The second kappa shape index (κ2) is 6.41. The van der Waals surface area contributed by atoms with Gasteiger partial charge in [0.15, 0.2) is 0 Å². The van der Waals surface area contributed by atoms with Crippen molar-refractivity contribution < 1.29 is 19.1 Å². The number of benzene rings is 1. The predicted molar refractivity (Wildman–Crippen MR) is 72.8 cm³/mol. The van der Waals surface area contributed by atoms with E-state index in [-0.39, 0.29) is 24.3 Å². The maximum Gasteiger partial charge on any atom is 0.337 e. The molecule has 0 aliphatic carbocycles. The van der Waals surface area contributed by atoms with Gasteiger partial charge in [0, 0.05) is 0 Å². The molecule has 0 heterocycles. The van der Waals surface area contributed by atoms with Crippen LogP contribution in [0.3, 0.4) is 0 Å². The molecular formula is C12H16N4O4. The summed E-state index contributed by atoms with van der Waals surface area (Å²) in [5.41, 5.74) is 16.8. The van der Waals surface area contributed by atoms with Crippen LogP contribution in [0.2, 0.25) is 0 Å². The van der Waals surface area contributed by atoms with Gasteiger partial charge >= 0.3 is 5.97 Å². The molecule has 0 unspecified atom stereocenters. The number of nitrogen functional groups attached to an aromatic ring is 1. The number of ether oxygens (including phenoxy) is 1. The number of anilines is 2. The molecule has 20 heavy (non-hydrogen) atoms. The Balaban J connectivity index is 3.19. The summed E-state index contributed by atoms with van der Waals surface area (Å²) >= 11 is 0. The topological polar surface area (TPSA) is 142 Å². The standard InChI is InChI=1S/C12H16N4O4/c1-20-12(19)7-2-3-8(13)9(4-7)16(5-10(14)17)6-11(15)18/h2-4H,5-6,13H2,1H3,(H2,14,17)(H2,15,18). The molecule has 0 aliphatic rings. The third-order valence-corrected chi connectivity index (χ3v) is 2.49. The molecule has 0 saturated heterocycles. The summed E-state index contributed by atoms with van der Waals surface area (Å²) in [6, 6.07) is 4.35. The van der Waals surface area contributed by atoms with Crippen LogP contribution in [0, 0.1) is 0 Å². The average Bonchev–Trinajstić information content (AvgIpc) is 2.36. The maximum absolute atomic E-state index is 11.5. The minimum Gasteiger partial charge on any atom is -0.465 e. The molecule has 1 rings (SSSR count). The number of primary amides is 2. The summed E-state index contributed by atoms with van der Waals surface area (Å²) in [5.74, 6) is -1.88. The highest BCUT2D eigenvalue weighted by Gasteiger charge is 2.17. The van der Waals surface area contributed by atoms with Crippen LogP contribution in [-0.4, -0.2) is 38.0 Å². The van der Waals surface area contributed by atoms with Crippen molar-refractivity contribution in [1.82, 2.24) is 0 Å². The van der Waals surface area contributed by atoms with E-state index in [2.05, 4.69) is 4.74 Å². The van der Waals surface area contributed by atoms with Crippen molar-refractivity contribution in [3.8, 4) is 0 Å². The Kier molecular flexibility index (Phi) is 4.90. The van der Waals surface area contributed by atoms with Gasteiger partial charge in [-0.15, -0.1) is 0 Å². The Bertz CT molecular complexity index is 528. The molecule has 1 aromatic rings. The second-order valence-corrected chi connectivity index (χ2v) is 4.05.